The van der Waals surface area contributed by atoms with Crippen molar-refractivity contribution in [1.82, 2.24) is 15.5 Å². The van der Waals surface area contributed by atoms with Gasteiger partial charge in [0.15, 0.2) is 0 Å². The standard InChI is InChI=1S/C19H34N4O5/c1-11(2)8-13(21-16(24)10-20)18(26)23-7-5-6-15(23)17(25)22-14(19(27)28)9-12(3)4/h11-15H,5-10,20H2,1-4H3,(H,21,24)(H,22,25)(H,27,28). The Balaban J connectivity index is 2.90. The molecule has 1 saturated heterocycles. The molecule has 1 aliphatic heterocycles. The summed E-state index contributed by atoms with van der Waals surface area (Å²) in [7, 11) is 0. The molecule has 9 nitrogen and oxygen atoms in total. The number of nitrogens with one attached hydrogen (secondary N) is 2. The second kappa shape index (κ2) is 11.0. The molecular formula is C19H34N4O5. The topological polar surface area (TPSA) is 142 Å². The second-order valence-corrected chi connectivity index (χ2v) is 8.17. The summed E-state index contributed by atoms with van der Waals surface area (Å²) in [6.07, 6.45) is 1.85. The van der Waals surface area contributed by atoms with Gasteiger partial charge in [0.05, 0.1) is 6.54 Å². The Morgan fingerprint density at radius 3 is 2.11 bits per heavy atom. The fourth-order valence-corrected chi connectivity index (χ4v) is 3.41. The van der Waals surface area contributed by atoms with Crippen molar-refractivity contribution in [1.29, 1.82) is 0 Å². The molecule has 9 heteroatoms. The number of carbonyl (C=O) groups is 4. The van der Waals surface area contributed by atoms with Crippen LogP contribution >= 0.6 is 0 Å². The lowest BCUT2D eigenvalue weighted by atomic mass is 10.0. The van der Waals surface area contributed by atoms with Crippen molar-refractivity contribution < 1.29 is 24.3 Å². The molecule has 3 atom stereocenters. The van der Waals surface area contributed by atoms with Gasteiger partial charge in [-0.2, -0.15) is 0 Å². The first kappa shape index (κ1) is 23.9. The van der Waals surface area contributed by atoms with Crippen molar-refractivity contribution >= 4 is 23.7 Å². The van der Waals surface area contributed by atoms with Crippen LogP contribution in [0.15, 0.2) is 0 Å². The third kappa shape index (κ3) is 7.10. The van der Waals surface area contributed by atoms with E-state index in [1.165, 1.54) is 4.90 Å². The van der Waals surface area contributed by atoms with Crippen molar-refractivity contribution in [3.8, 4) is 0 Å². The number of hydrogen-bond donors (Lipinski definition) is 4. The van der Waals surface area contributed by atoms with Gasteiger partial charge in [0, 0.05) is 6.54 Å². The zero-order valence-electron chi connectivity index (χ0n) is 17.2. The summed E-state index contributed by atoms with van der Waals surface area (Å²) in [5.41, 5.74) is 5.35. The molecule has 0 aromatic heterocycles. The van der Waals surface area contributed by atoms with Crippen LogP contribution in [0.3, 0.4) is 0 Å². The number of nitrogens with zero attached hydrogens (tertiary/aromatic N) is 1. The van der Waals surface area contributed by atoms with Crippen LogP contribution in [-0.2, 0) is 19.2 Å². The van der Waals surface area contributed by atoms with Crippen LogP contribution in [0.1, 0.15) is 53.4 Å². The maximum absolute atomic E-state index is 13.0. The lowest BCUT2D eigenvalue weighted by molar-refractivity contribution is -0.145. The van der Waals surface area contributed by atoms with Crippen LogP contribution in [0.5, 0.6) is 0 Å². The van der Waals surface area contributed by atoms with E-state index in [9.17, 15) is 24.3 Å². The van der Waals surface area contributed by atoms with Crippen molar-refractivity contribution in [2.75, 3.05) is 13.1 Å². The third-order valence-corrected chi connectivity index (χ3v) is 4.69. The van der Waals surface area contributed by atoms with Crippen molar-refractivity contribution in [3.05, 3.63) is 0 Å². The van der Waals surface area contributed by atoms with E-state index in [0.717, 1.165) is 0 Å². The van der Waals surface area contributed by atoms with E-state index in [1.807, 2.05) is 27.7 Å². The van der Waals surface area contributed by atoms with Crippen molar-refractivity contribution in [2.24, 2.45) is 17.6 Å². The third-order valence-electron chi connectivity index (χ3n) is 4.69. The number of carbonyl (C=O) groups excluding carboxylic acids is 3. The van der Waals surface area contributed by atoms with Gasteiger partial charge in [-0.05, 0) is 37.5 Å². The average molecular weight is 399 g/mol. The normalized spacial score (nSPS) is 18.8. The van der Waals surface area contributed by atoms with E-state index in [2.05, 4.69) is 10.6 Å². The second-order valence-electron chi connectivity index (χ2n) is 8.17. The number of nitrogens with two attached hydrogens (primary N) is 1. The number of aliphatic carboxylic acids is 1. The van der Waals surface area contributed by atoms with Gasteiger partial charge in [0.1, 0.15) is 18.1 Å². The molecular weight excluding hydrogens is 364 g/mol. The SMILES string of the molecule is CC(C)CC(NC(=O)C1CCCN1C(=O)C(CC(C)C)NC(=O)CN)C(=O)O. The monoisotopic (exact) mass is 398 g/mol. The fraction of sp³-hybridized carbons (Fsp3) is 0.789. The van der Waals surface area contributed by atoms with E-state index in [0.29, 0.717) is 32.2 Å². The number of rotatable bonds is 10. The molecule has 5 N–H and O–H groups in total. The molecule has 28 heavy (non-hydrogen) atoms. The zero-order valence-corrected chi connectivity index (χ0v) is 17.2. The van der Waals surface area contributed by atoms with Crippen molar-refractivity contribution in [2.45, 2.75) is 71.5 Å². The molecule has 0 aliphatic carbocycles. The minimum Gasteiger partial charge on any atom is -0.480 e. The van der Waals surface area contributed by atoms with E-state index < -0.39 is 35.9 Å². The minimum atomic E-state index is -1.09. The van der Waals surface area contributed by atoms with Crippen LogP contribution in [0.2, 0.25) is 0 Å². The molecule has 160 valence electrons. The summed E-state index contributed by atoms with van der Waals surface area (Å²) in [5, 5.41) is 14.6. The van der Waals surface area contributed by atoms with Crippen LogP contribution in [0.4, 0.5) is 0 Å². The Bertz CT molecular complexity index is 579. The Labute approximate surface area is 166 Å². The van der Waals surface area contributed by atoms with Gasteiger partial charge in [0.2, 0.25) is 17.7 Å². The highest BCUT2D eigenvalue weighted by atomic mass is 16.4. The molecule has 1 aliphatic rings. The summed E-state index contributed by atoms with van der Waals surface area (Å²) in [6.45, 7) is 7.81. The fourth-order valence-electron chi connectivity index (χ4n) is 3.41. The predicted octanol–water partition coefficient (Wildman–Crippen LogP) is 0.0825. The van der Waals surface area contributed by atoms with Crippen LogP contribution < -0.4 is 16.4 Å². The first-order chi connectivity index (χ1) is 13.1. The number of hydrogen-bond acceptors (Lipinski definition) is 5. The highest BCUT2D eigenvalue weighted by molar-refractivity contribution is 5.94. The van der Waals surface area contributed by atoms with Crippen LogP contribution in [-0.4, -0.2) is 64.9 Å². The Morgan fingerprint density at radius 2 is 1.61 bits per heavy atom. The van der Waals surface area contributed by atoms with E-state index >= 15 is 0 Å². The molecule has 1 heterocycles. The Kier molecular flexibility index (Phi) is 9.37. The minimum absolute atomic E-state index is 0.101. The summed E-state index contributed by atoms with van der Waals surface area (Å²) in [5.74, 6) is -2.06. The number of likely N-dealkylation sites (tertiary alicyclic amines) is 1. The number of carboxylic acids is 1. The molecule has 1 rings (SSSR count). The summed E-state index contributed by atoms with van der Waals surface area (Å²) >= 11 is 0. The molecule has 0 saturated carbocycles. The molecule has 0 aromatic rings. The van der Waals surface area contributed by atoms with Gasteiger partial charge < -0.3 is 26.4 Å². The predicted molar refractivity (Wildman–Crippen MR) is 104 cm³/mol. The molecule has 0 radical (unpaired) electrons. The van der Waals surface area contributed by atoms with E-state index in [4.69, 9.17) is 5.73 Å². The van der Waals surface area contributed by atoms with E-state index in [-0.39, 0.29) is 24.3 Å². The molecule has 1 fully saturated rings. The van der Waals surface area contributed by atoms with Gasteiger partial charge in [0.25, 0.3) is 0 Å². The number of amides is 3. The van der Waals surface area contributed by atoms with Crippen LogP contribution in [0.25, 0.3) is 0 Å². The van der Waals surface area contributed by atoms with Gasteiger partial charge >= 0.3 is 5.97 Å². The Hall–Kier alpha value is -2.16. The van der Waals surface area contributed by atoms with Crippen LogP contribution in [0, 0.1) is 11.8 Å². The summed E-state index contributed by atoms with van der Waals surface area (Å²) < 4.78 is 0. The van der Waals surface area contributed by atoms with E-state index in [1.54, 1.807) is 0 Å². The van der Waals surface area contributed by atoms with Gasteiger partial charge in [-0.25, -0.2) is 4.79 Å². The molecule has 3 unspecified atom stereocenters. The molecule has 0 aromatic carbocycles. The lowest BCUT2D eigenvalue weighted by Crippen LogP contribution is -2.56. The first-order valence-electron chi connectivity index (χ1n) is 9.89. The maximum atomic E-state index is 13.0. The quantitative estimate of drug-likeness (QED) is 0.411. The highest BCUT2D eigenvalue weighted by Crippen LogP contribution is 2.21. The highest BCUT2D eigenvalue weighted by Gasteiger charge is 2.38. The molecule has 0 spiro atoms. The lowest BCUT2D eigenvalue weighted by Gasteiger charge is -2.30. The summed E-state index contributed by atoms with van der Waals surface area (Å²) in [4.78, 5) is 50.3. The average Bonchev–Trinajstić information content (AvgIpc) is 3.08. The first-order valence-corrected chi connectivity index (χ1v) is 9.89. The van der Waals surface area contributed by atoms with Gasteiger partial charge in [-0.1, -0.05) is 27.7 Å². The Morgan fingerprint density at radius 1 is 1.04 bits per heavy atom. The molecule has 0 bridgehead atoms. The molecule has 3 amide bonds. The summed E-state index contributed by atoms with van der Waals surface area (Å²) in [6, 6.07) is -2.48. The number of carboxylic acid groups (broad SMARTS) is 1. The zero-order chi connectivity index (χ0) is 21.4. The van der Waals surface area contributed by atoms with Crippen molar-refractivity contribution in [3.63, 3.8) is 0 Å². The maximum Gasteiger partial charge on any atom is 0.326 e. The van der Waals surface area contributed by atoms with Gasteiger partial charge in [-0.3, -0.25) is 14.4 Å². The largest absolute Gasteiger partial charge is 0.480 e. The van der Waals surface area contributed by atoms with Gasteiger partial charge in [-0.15, -0.1) is 0 Å². The smallest absolute Gasteiger partial charge is 0.326 e.